The Morgan fingerprint density at radius 3 is 2.71 bits per heavy atom. The number of amides is 1. The smallest absolute Gasteiger partial charge is 0.247 e. The maximum absolute atomic E-state index is 11.5. The molecule has 2 rings (SSSR count). The minimum Gasteiger partial charge on any atom is -0.247 e. The van der Waals surface area contributed by atoms with E-state index in [9.17, 15) is 4.79 Å². The first-order valence-electron chi connectivity index (χ1n) is 4.96. The summed E-state index contributed by atoms with van der Waals surface area (Å²) in [5.41, 5.74) is 2.23. The molecule has 0 aromatic carbocycles. The zero-order chi connectivity index (χ0) is 10.1. The van der Waals surface area contributed by atoms with Gasteiger partial charge in [-0.15, -0.1) is 0 Å². The summed E-state index contributed by atoms with van der Waals surface area (Å²) in [5, 5.41) is 2.89. The lowest BCUT2D eigenvalue weighted by Gasteiger charge is -1.98. The van der Waals surface area contributed by atoms with Gasteiger partial charge in [0.2, 0.25) is 0 Å². The Balaban J connectivity index is 2.11. The lowest BCUT2D eigenvalue weighted by molar-refractivity contribution is -0.370. The molecule has 1 aromatic rings. The second-order valence-corrected chi connectivity index (χ2v) is 4.02. The highest BCUT2D eigenvalue weighted by molar-refractivity contribution is 5.92. The molecule has 1 fully saturated rings. The molecule has 1 aromatic heterocycles. The number of hydrogen-bond donors (Lipinski definition) is 1. The fourth-order valence-electron chi connectivity index (χ4n) is 1.54. The number of aromatic amines is 1. The van der Waals surface area contributed by atoms with Gasteiger partial charge in [0, 0.05) is 6.07 Å². The van der Waals surface area contributed by atoms with Gasteiger partial charge in [0.1, 0.15) is 0 Å². The van der Waals surface area contributed by atoms with Crippen LogP contribution in [0.5, 0.6) is 0 Å². The predicted molar refractivity (Wildman–Crippen MR) is 53.8 cm³/mol. The highest BCUT2D eigenvalue weighted by Crippen LogP contribution is 2.29. The summed E-state index contributed by atoms with van der Waals surface area (Å²) < 4.78 is 0. The fraction of sp³-hybridized carbons (Fsp3) is 0.455. The number of rotatable bonds is 2. The molecule has 0 unspecified atom stereocenters. The van der Waals surface area contributed by atoms with Gasteiger partial charge in [0.25, 0.3) is 5.82 Å². The molecule has 2 N–H and O–H groups in total. The zero-order valence-corrected chi connectivity index (χ0v) is 8.55. The Labute approximate surface area is 83.5 Å². The summed E-state index contributed by atoms with van der Waals surface area (Å²) in [6.07, 6.45) is 2.08. The summed E-state index contributed by atoms with van der Waals surface area (Å²) in [5.74, 6) is 1.20. The standard InChI is InChI=1S/C11H14N2O/c1-7-5-8(2)12-10(6-7)13-11(14)9-3-4-9/h5-6,9H,3-4H2,1-2H3,(H,12,13,14)/p+1. The highest BCUT2D eigenvalue weighted by Gasteiger charge is 2.33. The lowest BCUT2D eigenvalue weighted by Crippen LogP contribution is -2.22. The van der Waals surface area contributed by atoms with E-state index < -0.39 is 0 Å². The van der Waals surface area contributed by atoms with Crippen molar-refractivity contribution >= 4 is 11.7 Å². The molecule has 0 aliphatic heterocycles. The second-order valence-electron chi connectivity index (χ2n) is 4.02. The van der Waals surface area contributed by atoms with Gasteiger partial charge in [-0.05, 0) is 38.3 Å². The molecule has 0 bridgehead atoms. The predicted octanol–water partition coefficient (Wildman–Crippen LogP) is 1.47. The monoisotopic (exact) mass is 191 g/mol. The Bertz CT molecular complexity index is 349. The molecule has 1 amide bonds. The van der Waals surface area contributed by atoms with Crippen molar-refractivity contribution in [2.24, 2.45) is 5.92 Å². The van der Waals surface area contributed by atoms with Crippen LogP contribution in [0, 0.1) is 19.8 Å². The molecule has 1 aliphatic carbocycles. The number of nitrogens with one attached hydrogen (secondary N) is 2. The number of carbonyl (C=O) groups is 1. The van der Waals surface area contributed by atoms with Gasteiger partial charge in [0.15, 0.2) is 0 Å². The van der Waals surface area contributed by atoms with E-state index in [2.05, 4.69) is 10.3 Å². The van der Waals surface area contributed by atoms with Gasteiger partial charge in [-0.1, -0.05) is 0 Å². The molecule has 3 heteroatoms. The summed E-state index contributed by atoms with van der Waals surface area (Å²) >= 11 is 0. The van der Waals surface area contributed by atoms with Crippen molar-refractivity contribution in [1.82, 2.24) is 0 Å². The van der Waals surface area contributed by atoms with Crippen molar-refractivity contribution in [2.75, 3.05) is 5.32 Å². The minimum absolute atomic E-state index is 0.145. The summed E-state index contributed by atoms with van der Waals surface area (Å²) in [7, 11) is 0. The van der Waals surface area contributed by atoms with Crippen LogP contribution < -0.4 is 10.3 Å². The van der Waals surface area contributed by atoms with Gasteiger partial charge in [0.05, 0.1) is 11.6 Å². The topological polar surface area (TPSA) is 43.2 Å². The first-order chi connectivity index (χ1) is 6.65. The summed E-state index contributed by atoms with van der Waals surface area (Å²) in [6.45, 7) is 4.01. The Morgan fingerprint density at radius 1 is 1.43 bits per heavy atom. The molecule has 0 spiro atoms. The molecular formula is C11H15N2O+. The van der Waals surface area contributed by atoms with Crippen LogP contribution >= 0.6 is 0 Å². The van der Waals surface area contributed by atoms with Gasteiger partial charge in [-0.3, -0.25) is 0 Å². The number of H-pyrrole nitrogens is 1. The van der Waals surface area contributed by atoms with Crippen LogP contribution in [0.25, 0.3) is 0 Å². The zero-order valence-electron chi connectivity index (χ0n) is 8.55. The number of hydrogen-bond acceptors (Lipinski definition) is 1. The maximum atomic E-state index is 11.5. The van der Waals surface area contributed by atoms with Crippen molar-refractivity contribution in [3.05, 3.63) is 23.4 Å². The van der Waals surface area contributed by atoms with E-state index in [1.807, 2.05) is 26.0 Å². The molecular weight excluding hydrogens is 176 g/mol. The fourth-order valence-corrected chi connectivity index (χ4v) is 1.54. The molecule has 0 atom stereocenters. The van der Waals surface area contributed by atoms with Crippen LogP contribution in [0.1, 0.15) is 24.1 Å². The van der Waals surface area contributed by atoms with Crippen LogP contribution in [0.3, 0.4) is 0 Å². The molecule has 0 saturated heterocycles. The normalized spacial score (nSPS) is 15.3. The molecule has 3 nitrogen and oxygen atoms in total. The van der Waals surface area contributed by atoms with E-state index in [4.69, 9.17) is 0 Å². The van der Waals surface area contributed by atoms with Crippen molar-refractivity contribution in [2.45, 2.75) is 26.7 Å². The molecule has 74 valence electrons. The lowest BCUT2D eigenvalue weighted by atomic mass is 10.2. The van der Waals surface area contributed by atoms with Crippen LogP contribution in [-0.4, -0.2) is 5.91 Å². The van der Waals surface area contributed by atoms with E-state index in [0.29, 0.717) is 0 Å². The van der Waals surface area contributed by atoms with Crippen LogP contribution in [0.2, 0.25) is 0 Å². The van der Waals surface area contributed by atoms with Crippen LogP contribution in [-0.2, 0) is 4.79 Å². The third-order valence-corrected chi connectivity index (χ3v) is 2.35. The van der Waals surface area contributed by atoms with E-state index in [-0.39, 0.29) is 11.8 Å². The SMILES string of the molecule is Cc1cc(C)[nH+]c(NC(=O)C2CC2)c1. The number of aromatic nitrogens is 1. The third kappa shape index (κ3) is 2.10. The van der Waals surface area contributed by atoms with Crippen molar-refractivity contribution in [1.29, 1.82) is 0 Å². The van der Waals surface area contributed by atoms with E-state index in [1.54, 1.807) is 0 Å². The largest absolute Gasteiger partial charge is 0.310 e. The van der Waals surface area contributed by atoms with E-state index in [0.717, 1.165) is 29.9 Å². The number of aryl methyl sites for hydroxylation is 2. The van der Waals surface area contributed by atoms with E-state index in [1.165, 1.54) is 0 Å². The first kappa shape index (κ1) is 9.19. The molecule has 14 heavy (non-hydrogen) atoms. The molecule has 1 heterocycles. The average Bonchev–Trinajstić information content (AvgIpc) is 2.82. The molecule has 1 saturated carbocycles. The summed E-state index contributed by atoms with van der Waals surface area (Å²) in [6, 6.07) is 4.00. The average molecular weight is 191 g/mol. The minimum atomic E-state index is 0.145. The van der Waals surface area contributed by atoms with Gasteiger partial charge >= 0.3 is 5.91 Å². The highest BCUT2D eigenvalue weighted by atomic mass is 16.2. The van der Waals surface area contributed by atoms with Gasteiger partial charge in [-0.25, -0.2) is 15.1 Å². The Morgan fingerprint density at radius 2 is 2.14 bits per heavy atom. The third-order valence-electron chi connectivity index (χ3n) is 2.35. The quantitative estimate of drug-likeness (QED) is 0.755. The van der Waals surface area contributed by atoms with Gasteiger partial charge in [-0.2, -0.15) is 0 Å². The first-order valence-corrected chi connectivity index (χ1v) is 4.96. The van der Waals surface area contributed by atoms with Crippen LogP contribution in [0.4, 0.5) is 5.82 Å². The Kier molecular flexibility index (Phi) is 2.23. The van der Waals surface area contributed by atoms with Crippen molar-refractivity contribution < 1.29 is 9.78 Å². The van der Waals surface area contributed by atoms with Crippen molar-refractivity contribution in [3.63, 3.8) is 0 Å². The number of pyridine rings is 1. The number of carbonyl (C=O) groups excluding carboxylic acids is 1. The van der Waals surface area contributed by atoms with Crippen molar-refractivity contribution in [3.8, 4) is 0 Å². The summed E-state index contributed by atoms with van der Waals surface area (Å²) in [4.78, 5) is 14.6. The molecule has 1 aliphatic rings. The van der Waals surface area contributed by atoms with Crippen LogP contribution in [0.15, 0.2) is 12.1 Å². The Hall–Kier alpha value is -1.38. The maximum Gasteiger partial charge on any atom is 0.310 e. The van der Waals surface area contributed by atoms with E-state index >= 15 is 0 Å². The molecule has 0 radical (unpaired) electrons. The van der Waals surface area contributed by atoms with Gasteiger partial charge < -0.3 is 0 Å². The second kappa shape index (κ2) is 3.40. The number of anilines is 1.